The minimum atomic E-state index is 0.344. The van der Waals surface area contributed by atoms with Gasteiger partial charge in [0.15, 0.2) is 0 Å². The third-order valence-corrected chi connectivity index (χ3v) is 3.40. The molecule has 1 aromatic carbocycles. The lowest BCUT2D eigenvalue weighted by molar-refractivity contribution is 0.115. The number of anilines is 1. The van der Waals surface area contributed by atoms with Crippen LogP contribution in [0.15, 0.2) is 30.3 Å². The molecule has 1 heterocycles. The van der Waals surface area contributed by atoms with Gasteiger partial charge in [-0.15, -0.1) is 0 Å². The molecule has 2 N–H and O–H groups in total. The van der Waals surface area contributed by atoms with E-state index in [4.69, 9.17) is 22.7 Å². The molecule has 0 bridgehead atoms. The summed E-state index contributed by atoms with van der Waals surface area (Å²) in [4.78, 5) is 2.89. The van der Waals surface area contributed by atoms with Gasteiger partial charge >= 0.3 is 0 Å². The van der Waals surface area contributed by atoms with Crippen LogP contribution < -0.4 is 10.6 Å². The molecule has 0 aromatic heterocycles. The van der Waals surface area contributed by atoms with Crippen LogP contribution in [0.1, 0.15) is 19.3 Å². The molecule has 0 amide bonds. The molecular weight excluding hydrogens is 244 g/mol. The van der Waals surface area contributed by atoms with Crippen molar-refractivity contribution in [1.82, 2.24) is 0 Å². The zero-order chi connectivity index (χ0) is 12.8. The molecule has 1 unspecified atom stereocenters. The molecule has 98 valence electrons. The summed E-state index contributed by atoms with van der Waals surface area (Å²) < 4.78 is 5.71. The number of benzene rings is 1. The molecule has 1 aliphatic rings. The fourth-order valence-electron chi connectivity index (χ4n) is 2.24. The van der Waals surface area contributed by atoms with Crippen LogP contribution in [0.2, 0.25) is 0 Å². The predicted octanol–water partition coefficient (Wildman–Crippen LogP) is 2.35. The highest BCUT2D eigenvalue weighted by Crippen LogP contribution is 2.19. The first-order valence-electron chi connectivity index (χ1n) is 6.45. The fourth-order valence-corrected chi connectivity index (χ4v) is 2.34. The molecule has 0 aliphatic carbocycles. The number of ether oxygens (including phenoxy) is 1. The molecule has 0 spiro atoms. The molecule has 0 radical (unpaired) electrons. The lowest BCUT2D eigenvalue weighted by atomic mass is 10.2. The highest BCUT2D eigenvalue weighted by molar-refractivity contribution is 7.80. The van der Waals surface area contributed by atoms with E-state index in [2.05, 4.69) is 29.2 Å². The second kappa shape index (κ2) is 6.71. The first-order valence-corrected chi connectivity index (χ1v) is 6.86. The molecule has 18 heavy (non-hydrogen) atoms. The van der Waals surface area contributed by atoms with Gasteiger partial charge in [0.05, 0.1) is 11.1 Å². The van der Waals surface area contributed by atoms with Gasteiger partial charge in [0.25, 0.3) is 0 Å². The Kier molecular flexibility index (Phi) is 4.96. The summed E-state index contributed by atoms with van der Waals surface area (Å²) >= 11 is 4.97. The number of hydrogen-bond acceptors (Lipinski definition) is 3. The number of rotatable bonds is 6. The predicted molar refractivity (Wildman–Crippen MR) is 79.0 cm³/mol. The molecule has 1 saturated heterocycles. The standard InChI is InChI=1S/C14H20N2OS/c15-14(18)8-9-16(11-13-7-4-10-17-13)12-5-2-1-3-6-12/h1-3,5-6,13H,4,7-11H2,(H2,15,18). The molecule has 0 saturated carbocycles. The average Bonchev–Trinajstić information content (AvgIpc) is 2.88. The summed E-state index contributed by atoms with van der Waals surface area (Å²) in [6.45, 7) is 2.68. The quantitative estimate of drug-likeness (QED) is 0.801. The van der Waals surface area contributed by atoms with E-state index in [1.165, 1.54) is 12.1 Å². The van der Waals surface area contributed by atoms with Gasteiger partial charge in [0.1, 0.15) is 0 Å². The number of para-hydroxylation sites is 1. The van der Waals surface area contributed by atoms with Crippen molar-refractivity contribution < 1.29 is 4.74 Å². The first kappa shape index (κ1) is 13.3. The molecule has 1 atom stereocenters. The van der Waals surface area contributed by atoms with Crippen molar-refractivity contribution >= 4 is 22.9 Å². The van der Waals surface area contributed by atoms with Crippen molar-refractivity contribution in [2.45, 2.75) is 25.4 Å². The summed E-state index contributed by atoms with van der Waals surface area (Å²) in [7, 11) is 0. The summed E-state index contributed by atoms with van der Waals surface area (Å²) in [6, 6.07) is 10.4. The smallest absolute Gasteiger partial charge is 0.0750 e. The van der Waals surface area contributed by atoms with E-state index in [0.717, 1.165) is 32.5 Å². The number of nitrogens with two attached hydrogens (primary N) is 1. The number of hydrogen-bond donors (Lipinski definition) is 1. The van der Waals surface area contributed by atoms with E-state index < -0.39 is 0 Å². The van der Waals surface area contributed by atoms with E-state index in [9.17, 15) is 0 Å². The number of nitrogens with zero attached hydrogens (tertiary/aromatic N) is 1. The maximum Gasteiger partial charge on any atom is 0.0750 e. The zero-order valence-corrected chi connectivity index (χ0v) is 11.4. The van der Waals surface area contributed by atoms with Gasteiger partial charge in [-0.25, -0.2) is 0 Å². The highest BCUT2D eigenvalue weighted by atomic mass is 32.1. The second-order valence-electron chi connectivity index (χ2n) is 4.63. The van der Waals surface area contributed by atoms with E-state index in [1.54, 1.807) is 0 Å². The van der Waals surface area contributed by atoms with Gasteiger partial charge in [-0.1, -0.05) is 30.4 Å². The van der Waals surface area contributed by atoms with Gasteiger partial charge in [-0.05, 0) is 25.0 Å². The van der Waals surface area contributed by atoms with E-state index in [-0.39, 0.29) is 0 Å². The van der Waals surface area contributed by atoms with Crippen molar-refractivity contribution in [2.75, 3.05) is 24.6 Å². The Morgan fingerprint density at radius 3 is 2.78 bits per heavy atom. The lowest BCUT2D eigenvalue weighted by Crippen LogP contribution is -2.34. The SMILES string of the molecule is NC(=S)CCN(CC1CCCO1)c1ccccc1. The molecule has 3 nitrogen and oxygen atoms in total. The fraction of sp³-hybridized carbons (Fsp3) is 0.500. The molecule has 2 rings (SSSR count). The Hall–Kier alpha value is -1.13. The van der Waals surface area contributed by atoms with Crippen LogP contribution in [0.5, 0.6) is 0 Å². The molecule has 1 aliphatic heterocycles. The second-order valence-corrected chi connectivity index (χ2v) is 5.16. The normalized spacial score (nSPS) is 18.8. The van der Waals surface area contributed by atoms with Crippen LogP contribution in [0.25, 0.3) is 0 Å². The Morgan fingerprint density at radius 2 is 2.17 bits per heavy atom. The minimum Gasteiger partial charge on any atom is -0.393 e. The Balaban J connectivity index is 1.99. The summed E-state index contributed by atoms with van der Waals surface area (Å²) in [5.41, 5.74) is 6.81. The lowest BCUT2D eigenvalue weighted by Gasteiger charge is -2.27. The van der Waals surface area contributed by atoms with Crippen molar-refractivity contribution in [2.24, 2.45) is 5.73 Å². The Morgan fingerprint density at radius 1 is 1.39 bits per heavy atom. The minimum absolute atomic E-state index is 0.344. The van der Waals surface area contributed by atoms with Crippen LogP contribution in [0, 0.1) is 0 Å². The maximum atomic E-state index is 5.71. The first-order chi connectivity index (χ1) is 8.75. The summed E-state index contributed by atoms with van der Waals surface area (Å²) in [6.07, 6.45) is 3.41. The number of thiocarbonyl (C=S) groups is 1. The third kappa shape index (κ3) is 3.96. The van der Waals surface area contributed by atoms with Gasteiger partial charge in [-0.2, -0.15) is 0 Å². The molecule has 4 heteroatoms. The summed E-state index contributed by atoms with van der Waals surface area (Å²) in [5, 5.41) is 0. The Bertz CT molecular complexity index is 377. The molecule has 1 fully saturated rings. The van der Waals surface area contributed by atoms with Gasteiger partial charge in [0, 0.05) is 31.8 Å². The Labute approximate surface area is 114 Å². The van der Waals surface area contributed by atoms with Gasteiger partial charge in [-0.3, -0.25) is 0 Å². The van der Waals surface area contributed by atoms with Crippen molar-refractivity contribution in [1.29, 1.82) is 0 Å². The summed E-state index contributed by atoms with van der Waals surface area (Å²) in [5.74, 6) is 0. The largest absolute Gasteiger partial charge is 0.393 e. The van der Waals surface area contributed by atoms with E-state index in [1.807, 2.05) is 6.07 Å². The molecular formula is C14H20N2OS. The van der Waals surface area contributed by atoms with Crippen LogP contribution >= 0.6 is 12.2 Å². The van der Waals surface area contributed by atoms with Gasteiger partial charge in [0.2, 0.25) is 0 Å². The van der Waals surface area contributed by atoms with E-state index in [0.29, 0.717) is 11.1 Å². The maximum absolute atomic E-state index is 5.71. The molecule has 1 aromatic rings. The van der Waals surface area contributed by atoms with Crippen LogP contribution in [0.4, 0.5) is 5.69 Å². The van der Waals surface area contributed by atoms with Gasteiger partial charge < -0.3 is 15.4 Å². The van der Waals surface area contributed by atoms with Crippen molar-refractivity contribution in [3.05, 3.63) is 30.3 Å². The van der Waals surface area contributed by atoms with Crippen LogP contribution in [-0.4, -0.2) is 30.8 Å². The monoisotopic (exact) mass is 264 g/mol. The average molecular weight is 264 g/mol. The highest BCUT2D eigenvalue weighted by Gasteiger charge is 2.19. The van der Waals surface area contributed by atoms with Crippen molar-refractivity contribution in [3.8, 4) is 0 Å². The van der Waals surface area contributed by atoms with E-state index >= 15 is 0 Å². The zero-order valence-electron chi connectivity index (χ0n) is 10.5. The van der Waals surface area contributed by atoms with Crippen molar-refractivity contribution in [3.63, 3.8) is 0 Å². The van der Waals surface area contributed by atoms with Crippen LogP contribution in [0.3, 0.4) is 0 Å². The van der Waals surface area contributed by atoms with Crippen LogP contribution in [-0.2, 0) is 4.74 Å². The third-order valence-electron chi connectivity index (χ3n) is 3.20. The topological polar surface area (TPSA) is 38.5 Å².